The molecule has 1 aromatic carbocycles. The Kier molecular flexibility index (Phi) is 2.74. The summed E-state index contributed by atoms with van der Waals surface area (Å²) < 4.78 is 0. The molecule has 17 heavy (non-hydrogen) atoms. The molecule has 1 aromatic rings. The Hall–Kier alpha value is -0.820. The molecule has 1 saturated carbocycles. The molecule has 0 aliphatic heterocycles. The van der Waals surface area contributed by atoms with Gasteiger partial charge in [-0.15, -0.1) is 0 Å². The van der Waals surface area contributed by atoms with Crippen LogP contribution in [0.3, 0.4) is 0 Å². The molecule has 1 fully saturated rings. The van der Waals surface area contributed by atoms with E-state index in [1.807, 2.05) is 0 Å². The van der Waals surface area contributed by atoms with E-state index in [1.165, 1.54) is 44.1 Å². The lowest BCUT2D eigenvalue weighted by Gasteiger charge is -2.40. The average Bonchev–Trinajstić information content (AvgIpc) is 2.79. The van der Waals surface area contributed by atoms with Gasteiger partial charge < -0.3 is 5.73 Å². The van der Waals surface area contributed by atoms with Gasteiger partial charge in [-0.3, -0.25) is 0 Å². The van der Waals surface area contributed by atoms with Gasteiger partial charge in [-0.05, 0) is 67.2 Å². The molecule has 2 aliphatic rings. The number of hydrogen-bond acceptors (Lipinski definition) is 1. The zero-order chi connectivity index (χ0) is 11.9. The maximum atomic E-state index is 5.96. The molecule has 2 N–H and O–H groups in total. The van der Waals surface area contributed by atoms with Crippen molar-refractivity contribution in [2.24, 2.45) is 5.73 Å². The molecule has 1 nitrogen and oxygen atoms in total. The quantitative estimate of drug-likeness (QED) is 0.781. The van der Waals surface area contributed by atoms with Crippen LogP contribution in [0.5, 0.6) is 0 Å². The molecule has 0 saturated heterocycles. The summed E-state index contributed by atoms with van der Waals surface area (Å²) in [5.41, 5.74) is 11.2. The standard InChI is InChI=1S/C16H23N/c1-12-5-4-6-14-13(11-17)7-10-16(15(12)14)8-2-3-9-16/h4-6,13H,2-3,7-11,17H2,1H3. The molecule has 1 atom stereocenters. The highest BCUT2D eigenvalue weighted by atomic mass is 14.6. The third-order valence-corrected chi connectivity index (χ3v) is 5.09. The molecule has 0 amide bonds. The normalized spacial score (nSPS) is 26.1. The molecule has 1 unspecified atom stereocenters. The van der Waals surface area contributed by atoms with E-state index < -0.39 is 0 Å². The first kappa shape index (κ1) is 11.3. The summed E-state index contributed by atoms with van der Waals surface area (Å²) in [5.74, 6) is 0.608. The fraction of sp³-hybridized carbons (Fsp3) is 0.625. The second-order valence-electron chi connectivity index (χ2n) is 6.00. The first-order valence-corrected chi connectivity index (χ1v) is 7.07. The molecule has 2 aliphatic carbocycles. The van der Waals surface area contributed by atoms with E-state index in [2.05, 4.69) is 25.1 Å². The van der Waals surface area contributed by atoms with Crippen LogP contribution in [0.1, 0.15) is 61.1 Å². The average molecular weight is 229 g/mol. The summed E-state index contributed by atoms with van der Waals surface area (Å²) in [4.78, 5) is 0. The van der Waals surface area contributed by atoms with Crippen molar-refractivity contribution in [2.75, 3.05) is 6.54 Å². The van der Waals surface area contributed by atoms with Crippen LogP contribution in [0, 0.1) is 6.92 Å². The largest absolute Gasteiger partial charge is 0.330 e. The Morgan fingerprint density at radius 3 is 2.71 bits per heavy atom. The molecular weight excluding hydrogens is 206 g/mol. The predicted octanol–water partition coefficient (Wildman–Crippen LogP) is 3.64. The Bertz CT molecular complexity index is 416. The molecule has 0 aromatic heterocycles. The van der Waals surface area contributed by atoms with Gasteiger partial charge in [0.2, 0.25) is 0 Å². The van der Waals surface area contributed by atoms with E-state index in [9.17, 15) is 0 Å². The van der Waals surface area contributed by atoms with E-state index in [1.54, 1.807) is 11.1 Å². The van der Waals surface area contributed by atoms with Gasteiger partial charge in [-0.25, -0.2) is 0 Å². The Balaban J connectivity index is 2.15. The highest BCUT2D eigenvalue weighted by molar-refractivity contribution is 5.45. The van der Waals surface area contributed by atoms with Gasteiger partial charge in [0, 0.05) is 0 Å². The van der Waals surface area contributed by atoms with Crippen molar-refractivity contribution in [1.82, 2.24) is 0 Å². The van der Waals surface area contributed by atoms with Gasteiger partial charge in [-0.2, -0.15) is 0 Å². The number of aryl methyl sites for hydroxylation is 1. The van der Waals surface area contributed by atoms with Crippen molar-refractivity contribution in [3.8, 4) is 0 Å². The molecule has 1 heteroatoms. The molecule has 3 rings (SSSR count). The summed E-state index contributed by atoms with van der Waals surface area (Å²) in [7, 11) is 0. The second-order valence-corrected chi connectivity index (χ2v) is 6.00. The van der Waals surface area contributed by atoms with Crippen LogP contribution < -0.4 is 5.73 Å². The van der Waals surface area contributed by atoms with Crippen molar-refractivity contribution in [3.05, 3.63) is 34.9 Å². The molecule has 1 spiro atoms. The monoisotopic (exact) mass is 229 g/mol. The maximum absolute atomic E-state index is 5.96. The fourth-order valence-corrected chi connectivity index (χ4v) is 4.28. The van der Waals surface area contributed by atoms with Crippen LogP contribution in [0.15, 0.2) is 18.2 Å². The van der Waals surface area contributed by atoms with Crippen molar-refractivity contribution in [2.45, 2.75) is 56.8 Å². The summed E-state index contributed by atoms with van der Waals surface area (Å²) in [5, 5.41) is 0. The van der Waals surface area contributed by atoms with Crippen LogP contribution >= 0.6 is 0 Å². The smallest absolute Gasteiger partial charge is 0.000812 e. The van der Waals surface area contributed by atoms with Gasteiger partial charge in [0.1, 0.15) is 0 Å². The first-order chi connectivity index (χ1) is 8.27. The van der Waals surface area contributed by atoms with Gasteiger partial charge >= 0.3 is 0 Å². The van der Waals surface area contributed by atoms with Gasteiger partial charge in [0.05, 0.1) is 0 Å². The number of rotatable bonds is 1. The summed E-state index contributed by atoms with van der Waals surface area (Å²) in [6, 6.07) is 6.84. The minimum atomic E-state index is 0.520. The highest BCUT2D eigenvalue weighted by Crippen LogP contribution is 2.52. The third kappa shape index (κ3) is 1.63. The summed E-state index contributed by atoms with van der Waals surface area (Å²) >= 11 is 0. The number of hydrogen-bond donors (Lipinski definition) is 1. The molecule has 0 heterocycles. The minimum Gasteiger partial charge on any atom is -0.330 e. The van der Waals surface area contributed by atoms with Gasteiger partial charge in [0.25, 0.3) is 0 Å². The Morgan fingerprint density at radius 2 is 2.00 bits per heavy atom. The summed E-state index contributed by atoms with van der Waals surface area (Å²) in [6.07, 6.45) is 8.31. The molecule has 0 radical (unpaired) electrons. The molecule has 92 valence electrons. The number of nitrogens with two attached hydrogens (primary N) is 1. The van der Waals surface area contributed by atoms with Crippen LogP contribution in [-0.2, 0) is 5.41 Å². The van der Waals surface area contributed by atoms with Crippen molar-refractivity contribution >= 4 is 0 Å². The van der Waals surface area contributed by atoms with Crippen molar-refractivity contribution in [1.29, 1.82) is 0 Å². The topological polar surface area (TPSA) is 26.0 Å². The molecular formula is C16H23N. The van der Waals surface area contributed by atoms with E-state index in [0.29, 0.717) is 11.3 Å². The van der Waals surface area contributed by atoms with Crippen LogP contribution in [0.25, 0.3) is 0 Å². The summed E-state index contributed by atoms with van der Waals surface area (Å²) in [6.45, 7) is 3.10. The maximum Gasteiger partial charge on any atom is -0.000812 e. The van der Waals surface area contributed by atoms with Crippen LogP contribution in [-0.4, -0.2) is 6.54 Å². The first-order valence-electron chi connectivity index (χ1n) is 7.07. The zero-order valence-corrected chi connectivity index (χ0v) is 10.8. The second kappa shape index (κ2) is 4.13. The highest BCUT2D eigenvalue weighted by Gasteiger charge is 2.41. The lowest BCUT2D eigenvalue weighted by Crippen LogP contribution is -2.32. The van der Waals surface area contributed by atoms with E-state index in [4.69, 9.17) is 5.73 Å². The van der Waals surface area contributed by atoms with E-state index in [-0.39, 0.29) is 0 Å². The lowest BCUT2D eigenvalue weighted by molar-refractivity contribution is 0.342. The minimum absolute atomic E-state index is 0.520. The lowest BCUT2D eigenvalue weighted by atomic mass is 9.64. The SMILES string of the molecule is Cc1cccc2c1C1(CCCC1)CCC2CN. The fourth-order valence-electron chi connectivity index (χ4n) is 4.28. The third-order valence-electron chi connectivity index (χ3n) is 5.09. The number of benzene rings is 1. The number of fused-ring (bicyclic) bond motifs is 2. The Labute approximate surface area is 104 Å². The van der Waals surface area contributed by atoms with Gasteiger partial charge in [0.15, 0.2) is 0 Å². The van der Waals surface area contributed by atoms with E-state index >= 15 is 0 Å². The van der Waals surface area contributed by atoms with Crippen molar-refractivity contribution in [3.63, 3.8) is 0 Å². The predicted molar refractivity (Wildman–Crippen MR) is 72.4 cm³/mol. The van der Waals surface area contributed by atoms with Crippen molar-refractivity contribution < 1.29 is 0 Å². The Morgan fingerprint density at radius 1 is 1.24 bits per heavy atom. The van der Waals surface area contributed by atoms with E-state index in [0.717, 1.165) is 6.54 Å². The molecule has 0 bridgehead atoms. The zero-order valence-electron chi connectivity index (χ0n) is 10.8. The van der Waals surface area contributed by atoms with Crippen LogP contribution in [0.4, 0.5) is 0 Å². The van der Waals surface area contributed by atoms with Crippen LogP contribution in [0.2, 0.25) is 0 Å². The van der Waals surface area contributed by atoms with Gasteiger partial charge in [-0.1, -0.05) is 31.0 Å².